The predicted octanol–water partition coefficient (Wildman–Crippen LogP) is 11.1. The summed E-state index contributed by atoms with van der Waals surface area (Å²) < 4.78 is 38.5. The number of carbonyl (C=O) groups excluding carboxylic acids is 4. The zero-order valence-electron chi connectivity index (χ0n) is 41.9. The molecular weight excluding hydrogens is 936 g/mol. The number of carbonyl (C=O) groups is 4. The molecule has 18 heteroatoms. The van der Waals surface area contributed by atoms with Crippen molar-refractivity contribution in [3.8, 4) is 11.5 Å². The van der Waals surface area contributed by atoms with Crippen LogP contribution in [0.25, 0.3) is 11.5 Å². The number of oxime groups is 1. The van der Waals surface area contributed by atoms with Crippen molar-refractivity contribution in [1.29, 1.82) is 0 Å². The number of aliphatic hydroxyl groups excluding tert-OH is 1. The number of aromatic nitrogens is 3. The first-order valence-corrected chi connectivity index (χ1v) is 24.2. The average Bonchev–Trinajstić information content (AvgIpc) is 4.18. The van der Waals surface area contributed by atoms with Crippen LogP contribution in [0, 0.1) is 5.41 Å². The third-order valence-electron chi connectivity index (χ3n) is 11.4. The Morgan fingerprint density at radius 1 is 0.648 bits per heavy atom. The molecule has 0 spiro atoms. The molecule has 7 rings (SSSR count). The van der Waals surface area contributed by atoms with Crippen molar-refractivity contribution in [3.63, 3.8) is 0 Å². The SMILES string of the molecule is CC(C)(C)OC(=O)C[C@@H](CC(=O)OCc1ccccc1)c1noc(-c2cc(C(O)C(C)(C)C)on2)c1C1CC1.CC(C)(C)OC(=O)C[C@@H](CC(=O)OCc1ccccc1)c1noc(/C(Cl)=N/O)c1C1CC1. The molecule has 3 aromatic heterocycles. The highest BCUT2D eigenvalue weighted by Crippen LogP contribution is 2.49. The van der Waals surface area contributed by atoms with Crippen LogP contribution in [0.1, 0.15) is 189 Å². The number of esters is 4. The number of hydrogen-bond acceptors (Lipinski definition) is 17. The van der Waals surface area contributed by atoms with E-state index in [0.717, 1.165) is 42.4 Å². The number of halogens is 1. The molecule has 2 saturated carbocycles. The van der Waals surface area contributed by atoms with Gasteiger partial charge in [0.1, 0.15) is 30.5 Å². The zero-order chi connectivity index (χ0) is 51.7. The van der Waals surface area contributed by atoms with Crippen LogP contribution >= 0.6 is 11.6 Å². The monoisotopic (exact) mass is 1000 g/mol. The maximum absolute atomic E-state index is 12.9. The number of rotatable bonds is 19. The molecule has 382 valence electrons. The summed E-state index contributed by atoms with van der Waals surface area (Å²) in [6.45, 7) is 16.7. The second-order valence-electron chi connectivity index (χ2n) is 21.1. The normalized spacial score (nSPS) is 15.5. The second-order valence-corrected chi connectivity index (χ2v) is 21.5. The largest absolute Gasteiger partial charge is 0.461 e. The van der Waals surface area contributed by atoms with Crippen molar-refractivity contribution in [3.05, 3.63) is 112 Å². The van der Waals surface area contributed by atoms with Crippen LogP contribution in [0.15, 0.2) is 85.5 Å². The molecule has 2 N–H and O–H groups in total. The Bertz CT molecular complexity index is 2610. The molecular formula is C53H65ClN4O13. The summed E-state index contributed by atoms with van der Waals surface area (Å²) in [5, 5.41) is 35.1. The van der Waals surface area contributed by atoms with Gasteiger partial charge in [-0.3, -0.25) is 19.2 Å². The minimum atomic E-state index is -0.857. The molecule has 2 aliphatic carbocycles. The lowest BCUT2D eigenvalue weighted by Crippen LogP contribution is -2.26. The number of hydrogen-bond donors (Lipinski definition) is 2. The number of nitrogens with zero attached hydrogens (tertiary/aromatic N) is 4. The van der Waals surface area contributed by atoms with Gasteiger partial charge in [0, 0.05) is 29.0 Å². The summed E-state index contributed by atoms with van der Waals surface area (Å²) in [5.74, 6) is -1.89. The van der Waals surface area contributed by atoms with Crippen molar-refractivity contribution in [2.45, 2.75) is 168 Å². The van der Waals surface area contributed by atoms with E-state index in [4.69, 9.17) is 49.3 Å². The fourth-order valence-corrected chi connectivity index (χ4v) is 7.90. The van der Waals surface area contributed by atoms with Crippen LogP contribution in [0.3, 0.4) is 0 Å². The molecule has 1 unspecified atom stereocenters. The first kappa shape index (κ1) is 54.0. The zero-order valence-corrected chi connectivity index (χ0v) is 42.6. The van der Waals surface area contributed by atoms with Gasteiger partial charge in [-0.2, -0.15) is 0 Å². The van der Waals surface area contributed by atoms with Gasteiger partial charge in [-0.05, 0) is 95.6 Å². The number of benzene rings is 2. The minimum absolute atomic E-state index is 0.0593. The van der Waals surface area contributed by atoms with Gasteiger partial charge in [-0.25, -0.2) is 0 Å². The van der Waals surface area contributed by atoms with E-state index in [2.05, 4.69) is 20.6 Å². The van der Waals surface area contributed by atoms with Crippen LogP contribution < -0.4 is 0 Å². The van der Waals surface area contributed by atoms with E-state index in [0.29, 0.717) is 34.2 Å². The van der Waals surface area contributed by atoms with Gasteiger partial charge in [-0.15, -0.1) is 0 Å². The Hall–Kier alpha value is -6.33. The highest BCUT2D eigenvalue weighted by atomic mass is 35.5. The Morgan fingerprint density at radius 3 is 1.52 bits per heavy atom. The molecule has 0 aliphatic heterocycles. The molecule has 0 bridgehead atoms. The van der Waals surface area contributed by atoms with E-state index in [9.17, 15) is 24.3 Å². The quantitative estimate of drug-likeness (QED) is 0.0257. The average molecular weight is 1000 g/mol. The number of ether oxygens (including phenoxy) is 4. The van der Waals surface area contributed by atoms with Crippen molar-refractivity contribution in [2.24, 2.45) is 10.6 Å². The van der Waals surface area contributed by atoms with E-state index in [1.54, 1.807) is 47.6 Å². The summed E-state index contributed by atoms with van der Waals surface area (Å²) >= 11 is 5.98. The molecule has 17 nitrogen and oxygen atoms in total. The summed E-state index contributed by atoms with van der Waals surface area (Å²) in [4.78, 5) is 51.0. The third-order valence-corrected chi connectivity index (χ3v) is 11.6. The molecule has 3 heterocycles. The van der Waals surface area contributed by atoms with Gasteiger partial charge < -0.3 is 42.8 Å². The lowest BCUT2D eigenvalue weighted by atomic mass is 9.87. The lowest BCUT2D eigenvalue weighted by molar-refractivity contribution is -0.157. The molecule has 0 saturated heterocycles. The molecule has 5 aromatic rings. The fraction of sp³-hybridized carbons (Fsp3) is 0.509. The topological polar surface area (TPSA) is 236 Å². The van der Waals surface area contributed by atoms with Crippen molar-refractivity contribution in [1.82, 2.24) is 15.5 Å². The fourth-order valence-electron chi connectivity index (χ4n) is 7.77. The van der Waals surface area contributed by atoms with E-state index < -0.39 is 58.4 Å². The summed E-state index contributed by atoms with van der Waals surface area (Å²) in [6, 6.07) is 20.4. The third kappa shape index (κ3) is 16.1. The molecule has 71 heavy (non-hydrogen) atoms. The Morgan fingerprint density at radius 2 is 1.08 bits per heavy atom. The van der Waals surface area contributed by atoms with E-state index in [1.165, 1.54) is 0 Å². The highest BCUT2D eigenvalue weighted by Gasteiger charge is 2.40. The summed E-state index contributed by atoms with van der Waals surface area (Å²) in [7, 11) is 0. The van der Waals surface area contributed by atoms with Gasteiger partial charge in [-0.1, -0.05) is 114 Å². The Balaban J connectivity index is 0.000000237. The molecule has 2 aliphatic rings. The first-order valence-electron chi connectivity index (χ1n) is 23.8. The van der Waals surface area contributed by atoms with E-state index in [-0.39, 0.29) is 61.7 Å². The molecule has 2 fully saturated rings. The van der Waals surface area contributed by atoms with Gasteiger partial charge in [0.05, 0.1) is 37.1 Å². The van der Waals surface area contributed by atoms with Crippen molar-refractivity contribution < 1.29 is 62.0 Å². The molecule has 2 aromatic carbocycles. The van der Waals surface area contributed by atoms with Gasteiger partial charge >= 0.3 is 23.9 Å². The number of aliphatic hydroxyl groups is 1. The van der Waals surface area contributed by atoms with Crippen molar-refractivity contribution in [2.75, 3.05) is 0 Å². The Kier molecular flexibility index (Phi) is 17.7. The van der Waals surface area contributed by atoms with Crippen LogP contribution in [-0.2, 0) is 51.3 Å². The summed E-state index contributed by atoms with van der Waals surface area (Å²) in [6.07, 6.45) is 2.46. The maximum atomic E-state index is 12.9. The van der Waals surface area contributed by atoms with Crippen molar-refractivity contribution >= 4 is 40.6 Å². The second kappa shape index (κ2) is 23.3. The maximum Gasteiger partial charge on any atom is 0.307 e. The predicted molar refractivity (Wildman–Crippen MR) is 259 cm³/mol. The van der Waals surface area contributed by atoms with E-state index in [1.807, 2.05) is 81.4 Å². The van der Waals surface area contributed by atoms with Crippen LogP contribution in [0.2, 0.25) is 0 Å². The minimum Gasteiger partial charge on any atom is -0.461 e. The molecule has 0 radical (unpaired) electrons. The first-order chi connectivity index (χ1) is 33.5. The van der Waals surface area contributed by atoms with Crippen LogP contribution in [-0.4, -0.2) is 66.0 Å². The van der Waals surface area contributed by atoms with Crippen LogP contribution in [0.4, 0.5) is 0 Å². The van der Waals surface area contributed by atoms with Gasteiger partial charge in [0.15, 0.2) is 17.2 Å². The van der Waals surface area contributed by atoms with Gasteiger partial charge in [0.2, 0.25) is 10.9 Å². The highest BCUT2D eigenvalue weighted by molar-refractivity contribution is 6.69. The lowest BCUT2D eigenvalue weighted by Gasteiger charge is -2.22. The standard InChI is InChI=1S/C30H38N2O7.C23H27ClN2O6/c1-29(2,3)28(35)22-16-21(31-38-22)27-25(19-12-13-19)26(32-39-27)20(15-24(34)37-30(4,5)6)14-23(33)36-17-18-10-8-7-9-11-18;1-23(2,3)31-18(28)12-16(11-17(27)30-13-14-7-5-4-6-8-14)20-19(15-9-10-15)21(32-26-20)22(24)25-29/h7-11,16,19-20,28,35H,12-15,17H2,1-6H3;4-8,15-16,29H,9-13H2,1-3H3/b;25-22-/t20-,28?;16-/m11/s1. The molecule has 0 amide bonds. The Labute approximate surface area is 418 Å². The smallest absolute Gasteiger partial charge is 0.307 e. The van der Waals surface area contributed by atoms with Gasteiger partial charge in [0.25, 0.3) is 0 Å². The molecule has 3 atom stereocenters. The summed E-state index contributed by atoms with van der Waals surface area (Å²) in [5.41, 5.74) is 2.79. The van der Waals surface area contributed by atoms with E-state index >= 15 is 0 Å². The van der Waals surface area contributed by atoms with Crippen LogP contribution in [0.5, 0.6) is 0 Å².